The van der Waals surface area contributed by atoms with Gasteiger partial charge in [0.2, 0.25) is 0 Å². The van der Waals surface area contributed by atoms with Crippen molar-refractivity contribution in [1.29, 1.82) is 0 Å². The Morgan fingerprint density at radius 2 is 1.79 bits per heavy atom. The molecule has 0 saturated heterocycles. The van der Waals surface area contributed by atoms with Crippen molar-refractivity contribution in [2.24, 2.45) is 0 Å². The number of ether oxygens (including phenoxy) is 1. The summed E-state index contributed by atoms with van der Waals surface area (Å²) in [5.74, 6) is 0.640. The molecule has 19 heavy (non-hydrogen) atoms. The summed E-state index contributed by atoms with van der Waals surface area (Å²) in [5.41, 5.74) is 8.64. The number of nitrogens with two attached hydrogens (primary N) is 1. The van der Waals surface area contributed by atoms with Gasteiger partial charge in [0, 0.05) is 6.42 Å². The number of nitrogens with zero attached hydrogens (tertiary/aromatic N) is 2. The van der Waals surface area contributed by atoms with Crippen LogP contribution < -0.4 is 10.5 Å². The highest BCUT2D eigenvalue weighted by molar-refractivity contribution is 5.90. The number of aromatic nitrogens is 2. The molecule has 0 atom stereocenters. The fraction of sp³-hybridized carbons (Fsp3) is 0.143. The fourth-order valence-electron chi connectivity index (χ4n) is 1.90. The molecule has 2 N–H and O–H groups in total. The predicted molar refractivity (Wildman–Crippen MR) is 71.9 cm³/mol. The number of fused-ring (bicyclic) bond motifs is 1. The van der Waals surface area contributed by atoms with Crippen molar-refractivity contribution in [2.45, 2.75) is 6.42 Å². The van der Waals surface area contributed by atoms with Gasteiger partial charge in [0.05, 0.1) is 12.3 Å². The van der Waals surface area contributed by atoms with Crippen molar-refractivity contribution in [3.05, 3.63) is 48.0 Å². The van der Waals surface area contributed by atoms with Crippen LogP contribution in [0.3, 0.4) is 0 Å². The van der Waals surface area contributed by atoms with Crippen molar-refractivity contribution in [3.63, 3.8) is 0 Å². The molecule has 0 unspecified atom stereocenters. The third-order valence-electron chi connectivity index (χ3n) is 2.90. The van der Waals surface area contributed by atoms with E-state index >= 15 is 0 Å². The highest BCUT2D eigenvalue weighted by Gasteiger charge is 2.10. The zero-order valence-corrected chi connectivity index (χ0v) is 10.2. The fourth-order valence-corrected chi connectivity index (χ4v) is 1.90. The molecule has 3 rings (SSSR count). The standard InChI is InChI=1S/C14H13N3O2/c15-11-6-7-12(14-13(11)16-19-17-14)18-9-8-10-4-2-1-3-5-10/h1-7H,8-9,15H2. The van der Waals surface area contributed by atoms with Crippen LogP contribution in [-0.2, 0) is 6.42 Å². The van der Waals surface area contributed by atoms with E-state index < -0.39 is 0 Å². The molecular formula is C14H13N3O2. The molecular weight excluding hydrogens is 242 g/mol. The van der Waals surface area contributed by atoms with Gasteiger partial charge in [0.25, 0.3) is 0 Å². The summed E-state index contributed by atoms with van der Waals surface area (Å²) in [6.07, 6.45) is 0.831. The van der Waals surface area contributed by atoms with Crippen LogP contribution in [0.15, 0.2) is 47.1 Å². The lowest BCUT2D eigenvalue weighted by atomic mass is 10.2. The Bertz CT molecular complexity index is 679. The number of benzene rings is 2. The molecule has 1 aromatic heterocycles. The Morgan fingerprint density at radius 1 is 1.00 bits per heavy atom. The highest BCUT2D eigenvalue weighted by atomic mass is 16.6. The molecule has 0 spiro atoms. The van der Waals surface area contributed by atoms with Gasteiger partial charge in [-0.2, -0.15) is 0 Å². The molecule has 5 nitrogen and oxygen atoms in total. The van der Waals surface area contributed by atoms with Gasteiger partial charge in [-0.3, -0.25) is 0 Å². The van der Waals surface area contributed by atoms with Gasteiger partial charge in [-0.1, -0.05) is 30.3 Å². The first-order valence-electron chi connectivity index (χ1n) is 6.02. The lowest BCUT2D eigenvalue weighted by Gasteiger charge is -2.06. The largest absolute Gasteiger partial charge is 0.491 e. The minimum Gasteiger partial charge on any atom is -0.491 e. The van der Waals surface area contributed by atoms with Crippen molar-refractivity contribution in [1.82, 2.24) is 10.3 Å². The lowest BCUT2D eigenvalue weighted by Crippen LogP contribution is -2.02. The van der Waals surface area contributed by atoms with E-state index in [2.05, 4.69) is 22.4 Å². The quantitative estimate of drug-likeness (QED) is 0.725. The van der Waals surface area contributed by atoms with Crippen LogP contribution in [0.1, 0.15) is 5.56 Å². The van der Waals surface area contributed by atoms with E-state index in [4.69, 9.17) is 15.1 Å². The van der Waals surface area contributed by atoms with Crippen LogP contribution in [0.25, 0.3) is 11.0 Å². The maximum Gasteiger partial charge on any atom is 0.179 e. The molecule has 96 valence electrons. The lowest BCUT2D eigenvalue weighted by molar-refractivity contribution is 0.306. The van der Waals surface area contributed by atoms with Gasteiger partial charge in [-0.05, 0) is 28.0 Å². The summed E-state index contributed by atoms with van der Waals surface area (Å²) >= 11 is 0. The summed E-state index contributed by atoms with van der Waals surface area (Å²) in [6, 6.07) is 13.7. The van der Waals surface area contributed by atoms with Crippen LogP contribution in [0, 0.1) is 0 Å². The zero-order chi connectivity index (χ0) is 13.1. The van der Waals surface area contributed by atoms with E-state index in [1.807, 2.05) is 18.2 Å². The molecule has 0 aliphatic heterocycles. The first-order chi connectivity index (χ1) is 9.34. The van der Waals surface area contributed by atoms with Crippen LogP contribution in [0.4, 0.5) is 5.69 Å². The minimum absolute atomic E-state index is 0.534. The molecule has 0 bridgehead atoms. The van der Waals surface area contributed by atoms with Crippen molar-refractivity contribution >= 4 is 16.7 Å². The molecule has 1 heterocycles. The van der Waals surface area contributed by atoms with E-state index in [1.165, 1.54) is 5.56 Å². The molecule has 0 aliphatic rings. The normalized spacial score (nSPS) is 10.7. The van der Waals surface area contributed by atoms with Crippen LogP contribution >= 0.6 is 0 Å². The summed E-state index contributed by atoms with van der Waals surface area (Å²) in [7, 11) is 0. The predicted octanol–water partition coefficient (Wildman–Crippen LogP) is 2.43. The maximum absolute atomic E-state index is 5.77. The molecule has 0 amide bonds. The molecule has 2 aromatic carbocycles. The van der Waals surface area contributed by atoms with Crippen molar-refractivity contribution < 1.29 is 9.37 Å². The Balaban J connectivity index is 1.72. The average Bonchev–Trinajstić information content (AvgIpc) is 2.93. The molecule has 0 fully saturated rings. The molecule has 0 saturated carbocycles. The number of hydrogen-bond donors (Lipinski definition) is 1. The van der Waals surface area contributed by atoms with E-state index in [-0.39, 0.29) is 0 Å². The third-order valence-corrected chi connectivity index (χ3v) is 2.90. The van der Waals surface area contributed by atoms with E-state index in [1.54, 1.807) is 12.1 Å². The Hall–Kier alpha value is -2.56. The maximum atomic E-state index is 5.77. The van der Waals surface area contributed by atoms with E-state index in [0.717, 1.165) is 6.42 Å². The van der Waals surface area contributed by atoms with Gasteiger partial charge < -0.3 is 10.5 Å². The Kier molecular flexibility index (Phi) is 3.02. The molecule has 0 radical (unpaired) electrons. The zero-order valence-electron chi connectivity index (χ0n) is 10.2. The first-order valence-corrected chi connectivity index (χ1v) is 6.02. The topological polar surface area (TPSA) is 74.2 Å². The second-order valence-corrected chi connectivity index (χ2v) is 4.20. The molecule has 5 heteroatoms. The van der Waals surface area contributed by atoms with Gasteiger partial charge in [0.15, 0.2) is 16.8 Å². The summed E-state index contributed by atoms with van der Waals surface area (Å²) < 4.78 is 10.4. The Morgan fingerprint density at radius 3 is 2.63 bits per heavy atom. The SMILES string of the molecule is Nc1ccc(OCCc2ccccc2)c2nonc12. The van der Waals surface area contributed by atoms with Gasteiger partial charge in [0.1, 0.15) is 0 Å². The Labute approximate surface area is 109 Å². The van der Waals surface area contributed by atoms with Gasteiger partial charge in [-0.25, -0.2) is 4.63 Å². The highest BCUT2D eigenvalue weighted by Crippen LogP contribution is 2.27. The third kappa shape index (κ3) is 2.35. The number of rotatable bonds is 4. The van der Waals surface area contributed by atoms with Crippen molar-refractivity contribution in [2.75, 3.05) is 12.3 Å². The van der Waals surface area contributed by atoms with Crippen LogP contribution in [0.5, 0.6) is 5.75 Å². The molecule has 0 aliphatic carbocycles. The summed E-state index contributed by atoms with van der Waals surface area (Å²) in [5, 5.41) is 7.57. The van der Waals surface area contributed by atoms with Gasteiger partial charge >= 0.3 is 0 Å². The van der Waals surface area contributed by atoms with E-state index in [0.29, 0.717) is 29.1 Å². The monoisotopic (exact) mass is 255 g/mol. The second-order valence-electron chi connectivity index (χ2n) is 4.20. The van der Waals surface area contributed by atoms with Crippen LogP contribution in [-0.4, -0.2) is 16.9 Å². The summed E-state index contributed by atoms with van der Waals surface area (Å²) in [6.45, 7) is 0.565. The number of nitrogen functional groups attached to an aromatic ring is 1. The van der Waals surface area contributed by atoms with E-state index in [9.17, 15) is 0 Å². The average molecular weight is 255 g/mol. The molecule has 3 aromatic rings. The first kappa shape index (κ1) is 11.5. The summed E-state index contributed by atoms with van der Waals surface area (Å²) in [4.78, 5) is 0. The van der Waals surface area contributed by atoms with Crippen molar-refractivity contribution in [3.8, 4) is 5.75 Å². The second kappa shape index (κ2) is 4.97. The van der Waals surface area contributed by atoms with Crippen LogP contribution in [0.2, 0.25) is 0 Å². The number of hydrogen-bond acceptors (Lipinski definition) is 5. The number of anilines is 1. The van der Waals surface area contributed by atoms with Gasteiger partial charge in [-0.15, -0.1) is 0 Å². The smallest absolute Gasteiger partial charge is 0.179 e. The minimum atomic E-state index is 0.534.